The maximum absolute atomic E-state index is 12.2. The summed E-state index contributed by atoms with van der Waals surface area (Å²) in [5.41, 5.74) is 2.22. The summed E-state index contributed by atoms with van der Waals surface area (Å²) >= 11 is 0. The summed E-state index contributed by atoms with van der Waals surface area (Å²) in [6, 6.07) is 5.24. The van der Waals surface area contributed by atoms with Crippen LogP contribution in [0.2, 0.25) is 0 Å². The Kier molecular flexibility index (Phi) is 4.96. The van der Waals surface area contributed by atoms with Gasteiger partial charge >= 0.3 is 0 Å². The van der Waals surface area contributed by atoms with Crippen molar-refractivity contribution in [2.24, 2.45) is 0 Å². The molecule has 1 aliphatic rings. The van der Waals surface area contributed by atoms with Gasteiger partial charge in [0.25, 0.3) is 5.91 Å². The van der Waals surface area contributed by atoms with Crippen LogP contribution in [0.25, 0.3) is 0 Å². The molecular weight excluding hydrogens is 268 g/mol. The van der Waals surface area contributed by atoms with E-state index in [4.69, 9.17) is 5.11 Å². The molecule has 0 bridgehead atoms. The fourth-order valence-electron chi connectivity index (χ4n) is 2.18. The Balaban J connectivity index is 2.10. The Labute approximate surface area is 123 Å². The largest absolute Gasteiger partial charge is 0.395 e. The molecule has 1 atom stereocenters. The van der Waals surface area contributed by atoms with Gasteiger partial charge in [0.05, 0.1) is 12.6 Å². The summed E-state index contributed by atoms with van der Waals surface area (Å²) in [6.07, 6.45) is 0.728. The van der Waals surface area contributed by atoms with Crippen molar-refractivity contribution in [2.75, 3.05) is 13.2 Å². The van der Waals surface area contributed by atoms with E-state index in [1.54, 1.807) is 12.1 Å². The highest BCUT2D eigenvalue weighted by Gasteiger charge is 2.23. The molecule has 5 heteroatoms. The zero-order valence-electron chi connectivity index (χ0n) is 11.9. The molecule has 0 aliphatic carbocycles. The van der Waals surface area contributed by atoms with Crippen molar-refractivity contribution >= 4 is 11.8 Å². The molecular formula is C16H18N2O3. The van der Waals surface area contributed by atoms with E-state index in [-0.39, 0.29) is 24.5 Å². The van der Waals surface area contributed by atoms with Crippen molar-refractivity contribution in [3.8, 4) is 11.8 Å². The van der Waals surface area contributed by atoms with Gasteiger partial charge in [-0.05, 0) is 30.7 Å². The van der Waals surface area contributed by atoms with Gasteiger partial charge in [-0.25, -0.2) is 0 Å². The van der Waals surface area contributed by atoms with Gasteiger partial charge in [0.15, 0.2) is 0 Å². The van der Waals surface area contributed by atoms with Crippen LogP contribution in [0.3, 0.4) is 0 Å². The van der Waals surface area contributed by atoms with Crippen LogP contribution in [0.1, 0.15) is 34.3 Å². The van der Waals surface area contributed by atoms with E-state index in [9.17, 15) is 9.59 Å². The predicted molar refractivity (Wildman–Crippen MR) is 78.6 cm³/mol. The average molecular weight is 286 g/mol. The summed E-state index contributed by atoms with van der Waals surface area (Å²) in [5, 5.41) is 14.2. The standard InChI is InChI=1S/C16H18N2O3/c1-11-6-12(4-2-3-5-19)8-13(7-11)16(21)18-14-9-15(20)17-10-14/h6-8,14,19H,3,5,9-10H2,1H3,(H,17,20)(H,18,21). The second-order valence-electron chi connectivity index (χ2n) is 5.04. The maximum Gasteiger partial charge on any atom is 0.251 e. The van der Waals surface area contributed by atoms with E-state index in [0.29, 0.717) is 24.9 Å². The Hall–Kier alpha value is -2.32. The third-order valence-corrected chi connectivity index (χ3v) is 3.12. The number of hydrogen-bond acceptors (Lipinski definition) is 3. The summed E-state index contributed by atoms with van der Waals surface area (Å²) in [7, 11) is 0. The van der Waals surface area contributed by atoms with Crippen LogP contribution in [0.15, 0.2) is 18.2 Å². The van der Waals surface area contributed by atoms with Crippen LogP contribution in [0.5, 0.6) is 0 Å². The van der Waals surface area contributed by atoms with Crippen molar-refractivity contribution < 1.29 is 14.7 Å². The smallest absolute Gasteiger partial charge is 0.251 e. The summed E-state index contributed by atoms with van der Waals surface area (Å²) in [4.78, 5) is 23.3. The highest BCUT2D eigenvalue weighted by atomic mass is 16.2. The zero-order valence-corrected chi connectivity index (χ0v) is 11.9. The van der Waals surface area contributed by atoms with Gasteiger partial charge in [-0.3, -0.25) is 9.59 Å². The average Bonchev–Trinajstić information content (AvgIpc) is 2.84. The van der Waals surface area contributed by atoms with Gasteiger partial charge in [0.1, 0.15) is 0 Å². The molecule has 5 nitrogen and oxygen atoms in total. The molecule has 1 aromatic rings. The maximum atomic E-state index is 12.2. The fourth-order valence-corrected chi connectivity index (χ4v) is 2.18. The second-order valence-corrected chi connectivity index (χ2v) is 5.04. The molecule has 1 fully saturated rings. The normalized spacial score (nSPS) is 16.9. The van der Waals surface area contributed by atoms with Crippen LogP contribution in [0.4, 0.5) is 0 Å². The van der Waals surface area contributed by atoms with Gasteiger partial charge in [-0.1, -0.05) is 11.8 Å². The second kappa shape index (κ2) is 6.91. The number of amides is 2. The number of carbonyl (C=O) groups excluding carboxylic acids is 2. The van der Waals surface area contributed by atoms with Gasteiger partial charge in [-0.2, -0.15) is 0 Å². The van der Waals surface area contributed by atoms with Gasteiger partial charge in [0.2, 0.25) is 5.91 Å². The Morgan fingerprint density at radius 3 is 2.95 bits per heavy atom. The molecule has 1 heterocycles. The fraction of sp³-hybridized carbons (Fsp3) is 0.375. The molecule has 1 unspecified atom stereocenters. The molecule has 2 amide bonds. The van der Waals surface area contributed by atoms with E-state index in [1.807, 2.05) is 13.0 Å². The van der Waals surface area contributed by atoms with Crippen LogP contribution in [0, 0.1) is 18.8 Å². The highest BCUT2D eigenvalue weighted by Crippen LogP contribution is 2.10. The Bertz CT molecular complexity index is 614. The van der Waals surface area contributed by atoms with Gasteiger partial charge in [0, 0.05) is 30.5 Å². The van der Waals surface area contributed by atoms with Crippen LogP contribution < -0.4 is 10.6 Å². The summed E-state index contributed by atoms with van der Waals surface area (Å²) < 4.78 is 0. The minimum Gasteiger partial charge on any atom is -0.395 e. The number of aryl methyl sites for hydroxylation is 1. The summed E-state index contributed by atoms with van der Waals surface area (Å²) in [5.74, 6) is 5.52. The van der Waals surface area contributed by atoms with Gasteiger partial charge < -0.3 is 15.7 Å². The molecule has 0 radical (unpaired) electrons. The quantitative estimate of drug-likeness (QED) is 0.702. The SMILES string of the molecule is Cc1cc(C#CCCO)cc(C(=O)NC2CNC(=O)C2)c1. The van der Waals surface area contributed by atoms with Crippen molar-refractivity contribution in [1.29, 1.82) is 0 Å². The van der Waals surface area contributed by atoms with E-state index in [1.165, 1.54) is 0 Å². The molecule has 3 N–H and O–H groups in total. The number of rotatable bonds is 3. The third kappa shape index (κ3) is 4.33. The van der Waals surface area contributed by atoms with Crippen molar-refractivity contribution in [2.45, 2.75) is 25.8 Å². The predicted octanol–water partition coefficient (Wildman–Crippen LogP) is 0.347. The molecule has 110 valence electrons. The van der Waals surface area contributed by atoms with Crippen molar-refractivity contribution in [3.05, 3.63) is 34.9 Å². The number of benzene rings is 1. The molecule has 0 spiro atoms. The van der Waals surface area contributed by atoms with E-state index in [2.05, 4.69) is 22.5 Å². The topological polar surface area (TPSA) is 78.4 Å². The zero-order chi connectivity index (χ0) is 15.2. The van der Waals surface area contributed by atoms with E-state index < -0.39 is 0 Å². The monoisotopic (exact) mass is 286 g/mol. The lowest BCUT2D eigenvalue weighted by atomic mass is 10.1. The Morgan fingerprint density at radius 1 is 1.48 bits per heavy atom. The van der Waals surface area contributed by atoms with Crippen molar-refractivity contribution in [1.82, 2.24) is 10.6 Å². The van der Waals surface area contributed by atoms with Crippen LogP contribution in [-0.2, 0) is 4.79 Å². The Morgan fingerprint density at radius 2 is 2.29 bits per heavy atom. The molecule has 0 saturated carbocycles. The first-order chi connectivity index (χ1) is 10.1. The lowest BCUT2D eigenvalue weighted by Crippen LogP contribution is -2.36. The minimum atomic E-state index is -0.203. The molecule has 0 aromatic heterocycles. The first-order valence-corrected chi connectivity index (χ1v) is 6.87. The molecule has 1 saturated heterocycles. The van der Waals surface area contributed by atoms with E-state index in [0.717, 1.165) is 11.1 Å². The lowest BCUT2D eigenvalue weighted by molar-refractivity contribution is -0.119. The number of aliphatic hydroxyl groups is 1. The number of nitrogens with one attached hydrogen (secondary N) is 2. The molecule has 2 rings (SSSR count). The first-order valence-electron chi connectivity index (χ1n) is 6.87. The summed E-state index contributed by atoms with van der Waals surface area (Å²) in [6.45, 7) is 2.39. The third-order valence-electron chi connectivity index (χ3n) is 3.12. The molecule has 1 aromatic carbocycles. The van der Waals surface area contributed by atoms with Crippen LogP contribution in [-0.4, -0.2) is 36.1 Å². The van der Waals surface area contributed by atoms with Crippen molar-refractivity contribution in [3.63, 3.8) is 0 Å². The highest BCUT2D eigenvalue weighted by molar-refractivity contribution is 5.95. The molecule has 21 heavy (non-hydrogen) atoms. The minimum absolute atomic E-state index is 0.0227. The number of hydrogen-bond donors (Lipinski definition) is 3. The lowest BCUT2D eigenvalue weighted by Gasteiger charge is -2.11. The molecule has 1 aliphatic heterocycles. The van der Waals surface area contributed by atoms with Crippen LogP contribution >= 0.6 is 0 Å². The first kappa shape index (κ1) is 15.1. The number of aliphatic hydroxyl groups excluding tert-OH is 1. The van der Waals surface area contributed by atoms with Gasteiger partial charge in [-0.15, -0.1) is 0 Å². The number of carbonyl (C=O) groups is 2. The van der Waals surface area contributed by atoms with E-state index >= 15 is 0 Å².